The molecule has 3 N–H and O–H groups in total. The van der Waals surface area contributed by atoms with Crippen LogP contribution < -0.4 is 16.0 Å². The van der Waals surface area contributed by atoms with Gasteiger partial charge in [-0.1, -0.05) is 48.5 Å². The van der Waals surface area contributed by atoms with Gasteiger partial charge in [0.15, 0.2) is 0 Å². The van der Waals surface area contributed by atoms with Crippen LogP contribution in [-0.2, 0) is 16.0 Å². The fraction of sp³-hybridized carbons (Fsp3) is 0.250. The van der Waals surface area contributed by atoms with Crippen molar-refractivity contribution in [3.8, 4) is 0 Å². The molecule has 0 fully saturated rings. The molecule has 6 heteroatoms. The summed E-state index contributed by atoms with van der Waals surface area (Å²) in [5.41, 5.74) is 1.39. The molecule has 0 aromatic heterocycles. The minimum atomic E-state index is -0.778. The van der Waals surface area contributed by atoms with E-state index >= 15 is 0 Å². The summed E-state index contributed by atoms with van der Waals surface area (Å²) >= 11 is 0. The fourth-order valence-electron chi connectivity index (χ4n) is 2.44. The second-order valence-electron chi connectivity index (χ2n) is 5.75. The maximum Gasteiger partial charge on any atom is 0.251 e. The molecule has 0 spiro atoms. The Morgan fingerprint density at radius 1 is 0.885 bits per heavy atom. The van der Waals surface area contributed by atoms with E-state index < -0.39 is 11.9 Å². The van der Waals surface area contributed by atoms with Crippen LogP contribution >= 0.6 is 0 Å². The molecule has 0 radical (unpaired) electrons. The molecule has 26 heavy (non-hydrogen) atoms. The van der Waals surface area contributed by atoms with E-state index in [4.69, 9.17) is 0 Å². The van der Waals surface area contributed by atoms with E-state index in [2.05, 4.69) is 16.0 Å². The first kappa shape index (κ1) is 19.2. The van der Waals surface area contributed by atoms with E-state index in [9.17, 15) is 14.4 Å². The van der Waals surface area contributed by atoms with Gasteiger partial charge in [-0.25, -0.2) is 0 Å². The fourth-order valence-corrected chi connectivity index (χ4v) is 2.44. The number of carbonyl (C=O) groups excluding carboxylic acids is 3. The van der Waals surface area contributed by atoms with E-state index in [0.29, 0.717) is 18.5 Å². The minimum absolute atomic E-state index is 0.126. The summed E-state index contributed by atoms with van der Waals surface area (Å²) in [4.78, 5) is 36.5. The monoisotopic (exact) mass is 353 g/mol. The number of hydrogen-bond donors (Lipinski definition) is 3. The summed E-state index contributed by atoms with van der Waals surface area (Å²) in [5, 5.41) is 7.95. The highest BCUT2D eigenvalue weighted by atomic mass is 16.2. The summed E-state index contributed by atoms with van der Waals surface area (Å²) in [6, 6.07) is 17.3. The Balaban J connectivity index is 2.06. The predicted molar refractivity (Wildman–Crippen MR) is 99.5 cm³/mol. The van der Waals surface area contributed by atoms with Gasteiger partial charge in [-0.3, -0.25) is 14.4 Å². The quantitative estimate of drug-likeness (QED) is 0.668. The third kappa shape index (κ3) is 6.05. The topological polar surface area (TPSA) is 87.3 Å². The van der Waals surface area contributed by atoms with Gasteiger partial charge in [-0.2, -0.15) is 0 Å². The molecule has 0 aliphatic heterocycles. The molecule has 0 bridgehead atoms. The third-order valence-electron chi connectivity index (χ3n) is 3.74. The summed E-state index contributed by atoms with van der Waals surface area (Å²) in [6.45, 7) is 2.17. The number of nitrogens with one attached hydrogen (secondary N) is 3. The summed E-state index contributed by atoms with van der Waals surface area (Å²) in [5.74, 6) is -1.00. The zero-order valence-corrected chi connectivity index (χ0v) is 14.7. The predicted octanol–water partition coefficient (Wildman–Crippen LogP) is 1.28. The van der Waals surface area contributed by atoms with Gasteiger partial charge in [0.1, 0.15) is 6.04 Å². The Morgan fingerprint density at radius 2 is 1.50 bits per heavy atom. The lowest BCUT2D eigenvalue weighted by atomic mass is 10.0. The van der Waals surface area contributed by atoms with Crippen LogP contribution in [0.25, 0.3) is 0 Å². The number of benzene rings is 2. The van der Waals surface area contributed by atoms with Crippen molar-refractivity contribution in [1.82, 2.24) is 16.0 Å². The molecule has 0 unspecified atom stereocenters. The number of hydrogen-bond acceptors (Lipinski definition) is 3. The maximum atomic E-state index is 12.5. The molecule has 0 saturated heterocycles. The van der Waals surface area contributed by atoms with Gasteiger partial charge in [0.2, 0.25) is 11.8 Å². The van der Waals surface area contributed by atoms with Crippen LogP contribution in [0.5, 0.6) is 0 Å². The first-order chi connectivity index (χ1) is 12.6. The Kier molecular flexibility index (Phi) is 7.36. The van der Waals surface area contributed by atoms with Crippen LogP contribution in [0.4, 0.5) is 0 Å². The highest BCUT2D eigenvalue weighted by Crippen LogP contribution is 2.05. The number of rotatable bonds is 8. The zero-order valence-electron chi connectivity index (χ0n) is 14.7. The molecule has 0 aliphatic rings. The second kappa shape index (κ2) is 9.98. The van der Waals surface area contributed by atoms with E-state index in [0.717, 1.165) is 5.56 Å². The van der Waals surface area contributed by atoms with E-state index in [1.807, 2.05) is 36.4 Å². The second-order valence-corrected chi connectivity index (χ2v) is 5.75. The van der Waals surface area contributed by atoms with Crippen LogP contribution in [0.15, 0.2) is 60.7 Å². The maximum absolute atomic E-state index is 12.5. The normalized spacial score (nSPS) is 11.3. The molecular weight excluding hydrogens is 330 g/mol. The Hall–Kier alpha value is -3.15. The van der Waals surface area contributed by atoms with Crippen molar-refractivity contribution in [2.24, 2.45) is 0 Å². The lowest BCUT2D eigenvalue weighted by Gasteiger charge is -2.18. The van der Waals surface area contributed by atoms with E-state index in [-0.39, 0.29) is 18.4 Å². The highest BCUT2D eigenvalue weighted by molar-refractivity contribution is 5.98. The zero-order chi connectivity index (χ0) is 18.8. The molecule has 6 nitrogen and oxygen atoms in total. The van der Waals surface area contributed by atoms with Crippen LogP contribution in [0.2, 0.25) is 0 Å². The number of carbonyl (C=O) groups is 3. The molecule has 2 aromatic rings. The lowest BCUT2D eigenvalue weighted by molar-refractivity contribution is -0.127. The molecule has 1 atom stereocenters. The minimum Gasteiger partial charge on any atom is -0.355 e. The first-order valence-corrected chi connectivity index (χ1v) is 8.54. The van der Waals surface area contributed by atoms with Gasteiger partial charge in [0.25, 0.3) is 5.91 Å². The van der Waals surface area contributed by atoms with Gasteiger partial charge < -0.3 is 16.0 Å². The smallest absolute Gasteiger partial charge is 0.251 e. The van der Waals surface area contributed by atoms with Crippen LogP contribution in [0, 0.1) is 0 Å². The van der Waals surface area contributed by atoms with Gasteiger partial charge in [0, 0.05) is 18.5 Å². The highest BCUT2D eigenvalue weighted by Gasteiger charge is 2.22. The molecule has 136 valence electrons. The van der Waals surface area contributed by atoms with Crippen molar-refractivity contribution < 1.29 is 14.4 Å². The summed E-state index contributed by atoms with van der Waals surface area (Å²) in [6.07, 6.45) is 0.334. The van der Waals surface area contributed by atoms with Crippen molar-refractivity contribution in [2.75, 3.05) is 13.1 Å². The number of likely N-dealkylation sites (N-methyl/N-ethyl adjacent to an activating group) is 1. The summed E-state index contributed by atoms with van der Waals surface area (Å²) < 4.78 is 0. The molecule has 2 rings (SSSR count). The molecule has 2 aromatic carbocycles. The number of amides is 3. The van der Waals surface area contributed by atoms with Crippen LogP contribution in [0.3, 0.4) is 0 Å². The van der Waals surface area contributed by atoms with Crippen molar-refractivity contribution >= 4 is 17.7 Å². The molecular formula is C20H23N3O3. The average Bonchev–Trinajstić information content (AvgIpc) is 2.67. The van der Waals surface area contributed by atoms with Crippen LogP contribution in [0.1, 0.15) is 22.8 Å². The lowest BCUT2D eigenvalue weighted by Crippen LogP contribution is -2.50. The van der Waals surface area contributed by atoms with Gasteiger partial charge in [-0.05, 0) is 24.6 Å². The average molecular weight is 353 g/mol. The van der Waals surface area contributed by atoms with E-state index in [1.165, 1.54) is 0 Å². The molecule has 0 saturated carbocycles. The SMILES string of the molecule is CCNC(=O)CNC(=O)[C@@H](Cc1ccccc1)NC(=O)c1ccccc1. The van der Waals surface area contributed by atoms with Crippen molar-refractivity contribution in [2.45, 2.75) is 19.4 Å². The van der Waals surface area contributed by atoms with Crippen molar-refractivity contribution in [3.63, 3.8) is 0 Å². The van der Waals surface area contributed by atoms with E-state index in [1.54, 1.807) is 31.2 Å². The van der Waals surface area contributed by atoms with Gasteiger partial charge in [-0.15, -0.1) is 0 Å². The molecule has 3 amide bonds. The van der Waals surface area contributed by atoms with Crippen molar-refractivity contribution in [3.05, 3.63) is 71.8 Å². The van der Waals surface area contributed by atoms with Gasteiger partial charge >= 0.3 is 0 Å². The van der Waals surface area contributed by atoms with Crippen LogP contribution in [-0.4, -0.2) is 36.9 Å². The third-order valence-corrected chi connectivity index (χ3v) is 3.74. The largest absolute Gasteiger partial charge is 0.355 e. The van der Waals surface area contributed by atoms with Crippen molar-refractivity contribution in [1.29, 1.82) is 0 Å². The first-order valence-electron chi connectivity index (χ1n) is 8.54. The molecule has 0 heterocycles. The Labute approximate surface area is 153 Å². The summed E-state index contributed by atoms with van der Waals surface area (Å²) in [7, 11) is 0. The van der Waals surface area contributed by atoms with Gasteiger partial charge in [0.05, 0.1) is 6.54 Å². The Morgan fingerprint density at radius 3 is 2.12 bits per heavy atom. The Bertz CT molecular complexity index is 732. The molecule has 0 aliphatic carbocycles. The standard InChI is InChI=1S/C20H23N3O3/c1-2-21-18(24)14-22-20(26)17(13-15-9-5-3-6-10-15)23-19(25)16-11-7-4-8-12-16/h3-12,17H,2,13-14H2,1H3,(H,21,24)(H,22,26)(H,23,25)/t17-/m1/s1.